The first kappa shape index (κ1) is 20.5. The molecule has 0 fully saturated rings. The fourth-order valence-electron chi connectivity index (χ4n) is 2.94. The molecular formula is C23H26N4O2. The van der Waals surface area contributed by atoms with Crippen molar-refractivity contribution in [2.24, 2.45) is 0 Å². The molecule has 1 amide bonds. The molecule has 6 nitrogen and oxygen atoms in total. The van der Waals surface area contributed by atoms with E-state index in [4.69, 9.17) is 4.74 Å². The molecular weight excluding hydrogens is 364 g/mol. The lowest BCUT2D eigenvalue weighted by molar-refractivity contribution is 0.102. The monoisotopic (exact) mass is 390 g/mol. The SMILES string of the molecule is COCCCNc1cc(C(=O)Nc2ccc(C)cc2C)nc(-c2ccccc2)n1. The van der Waals surface area contributed by atoms with E-state index in [0.717, 1.165) is 28.8 Å². The lowest BCUT2D eigenvalue weighted by Gasteiger charge is -2.12. The van der Waals surface area contributed by atoms with E-state index < -0.39 is 0 Å². The average Bonchev–Trinajstić information content (AvgIpc) is 2.73. The number of benzene rings is 2. The van der Waals surface area contributed by atoms with Gasteiger partial charge in [0, 0.05) is 37.6 Å². The summed E-state index contributed by atoms with van der Waals surface area (Å²) in [6.07, 6.45) is 0.839. The summed E-state index contributed by atoms with van der Waals surface area (Å²) in [4.78, 5) is 22.0. The molecule has 0 saturated heterocycles. The van der Waals surface area contributed by atoms with Gasteiger partial charge in [0.1, 0.15) is 11.5 Å². The Hall–Kier alpha value is -3.25. The van der Waals surface area contributed by atoms with Gasteiger partial charge < -0.3 is 15.4 Å². The second kappa shape index (κ2) is 9.80. The van der Waals surface area contributed by atoms with Gasteiger partial charge in [0.2, 0.25) is 0 Å². The number of nitrogens with one attached hydrogen (secondary N) is 2. The first-order chi connectivity index (χ1) is 14.1. The van der Waals surface area contributed by atoms with Gasteiger partial charge in [-0.1, -0.05) is 48.0 Å². The van der Waals surface area contributed by atoms with Crippen LogP contribution in [0.15, 0.2) is 54.6 Å². The summed E-state index contributed by atoms with van der Waals surface area (Å²) in [6, 6.07) is 17.2. The summed E-state index contributed by atoms with van der Waals surface area (Å²) in [7, 11) is 1.67. The van der Waals surface area contributed by atoms with Gasteiger partial charge >= 0.3 is 0 Å². The third-order valence-corrected chi connectivity index (χ3v) is 4.45. The van der Waals surface area contributed by atoms with Gasteiger partial charge in [0.05, 0.1) is 0 Å². The van der Waals surface area contributed by atoms with E-state index in [1.165, 1.54) is 0 Å². The number of ether oxygens (including phenoxy) is 1. The number of hydrogen-bond acceptors (Lipinski definition) is 5. The Morgan fingerprint density at radius 2 is 1.83 bits per heavy atom. The zero-order chi connectivity index (χ0) is 20.6. The summed E-state index contributed by atoms with van der Waals surface area (Å²) < 4.78 is 5.08. The predicted octanol–water partition coefficient (Wildman–Crippen LogP) is 4.46. The minimum atomic E-state index is -0.267. The number of aryl methyl sites for hydroxylation is 2. The maximum Gasteiger partial charge on any atom is 0.274 e. The highest BCUT2D eigenvalue weighted by molar-refractivity contribution is 6.04. The number of carbonyl (C=O) groups is 1. The van der Waals surface area contributed by atoms with Crippen LogP contribution >= 0.6 is 0 Å². The fourth-order valence-corrected chi connectivity index (χ4v) is 2.94. The summed E-state index contributed by atoms with van der Waals surface area (Å²) >= 11 is 0. The molecule has 2 N–H and O–H groups in total. The maximum atomic E-state index is 12.9. The third-order valence-electron chi connectivity index (χ3n) is 4.45. The molecule has 0 unspecified atom stereocenters. The maximum absolute atomic E-state index is 12.9. The van der Waals surface area contributed by atoms with Crippen LogP contribution in [0.1, 0.15) is 28.0 Å². The summed E-state index contributed by atoms with van der Waals surface area (Å²) in [5, 5.41) is 6.22. The first-order valence-corrected chi connectivity index (χ1v) is 9.63. The molecule has 1 aromatic heterocycles. The average molecular weight is 390 g/mol. The van der Waals surface area contributed by atoms with Crippen LogP contribution in [-0.2, 0) is 4.74 Å². The number of hydrogen-bond donors (Lipinski definition) is 2. The van der Waals surface area contributed by atoms with Crippen LogP contribution in [0.25, 0.3) is 11.4 Å². The van der Waals surface area contributed by atoms with E-state index in [1.807, 2.05) is 62.4 Å². The van der Waals surface area contributed by atoms with Crippen LogP contribution in [0.4, 0.5) is 11.5 Å². The van der Waals surface area contributed by atoms with Crippen molar-refractivity contribution in [3.8, 4) is 11.4 Å². The summed E-state index contributed by atoms with van der Waals surface area (Å²) in [5.74, 6) is 0.852. The number of rotatable bonds is 8. The smallest absolute Gasteiger partial charge is 0.274 e. The Bertz CT molecular complexity index is 974. The Balaban J connectivity index is 1.88. The molecule has 1 heterocycles. The molecule has 0 radical (unpaired) electrons. The molecule has 0 saturated carbocycles. The lowest BCUT2D eigenvalue weighted by Crippen LogP contribution is -2.16. The molecule has 0 bridgehead atoms. The van der Waals surface area contributed by atoms with Crippen LogP contribution in [0.2, 0.25) is 0 Å². The van der Waals surface area contributed by atoms with Crippen molar-refractivity contribution in [2.75, 3.05) is 30.9 Å². The van der Waals surface area contributed by atoms with E-state index in [9.17, 15) is 4.79 Å². The fraction of sp³-hybridized carbons (Fsp3) is 0.261. The molecule has 3 rings (SSSR count). The van der Waals surface area contributed by atoms with Gasteiger partial charge in [-0.3, -0.25) is 4.79 Å². The quantitative estimate of drug-likeness (QED) is 0.555. The van der Waals surface area contributed by atoms with Crippen molar-refractivity contribution in [1.29, 1.82) is 0 Å². The Labute approximate surface area is 171 Å². The van der Waals surface area contributed by atoms with Crippen LogP contribution < -0.4 is 10.6 Å². The number of anilines is 2. The molecule has 150 valence electrons. The molecule has 0 atom stereocenters. The van der Waals surface area contributed by atoms with Crippen molar-refractivity contribution in [2.45, 2.75) is 20.3 Å². The van der Waals surface area contributed by atoms with Crippen LogP contribution in [0.3, 0.4) is 0 Å². The molecule has 0 aliphatic rings. The van der Waals surface area contributed by atoms with Crippen molar-refractivity contribution < 1.29 is 9.53 Å². The molecule has 3 aromatic rings. The van der Waals surface area contributed by atoms with E-state index in [0.29, 0.717) is 30.5 Å². The number of methoxy groups -OCH3 is 1. The van der Waals surface area contributed by atoms with Gasteiger partial charge in [-0.15, -0.1) is 0 Å². The van der Waals surface area contributed by atoms with Crippen LogP contribution in [0, 0.1) is 13.8 Å². The van der Waals surface area contributed by atoms with Crippen molar-refractivity contribution >= 4 is 17.4 Å². The Kier molecular flexibility index (Phi) is 6.92. The minimum absolute atomic E-state index is 0.267. The predicted molar refractivity (Wildman–Crippen MR) is 116 cm³/mol. The Morgan fingerprint density at radius 1 is 1.03 bits per heavy atom. The second-order valence-electron chi connectivity index (χ2n) is 6.87. The number of carbonyl (C=O) groups excluding carboxylic acids is 1. The molecule has 0 spiro atoms. The summed E-state index contributed by atoms with van der Waals surface area (Å²) in [6.45, 7) is 5.35. The standard InChI is InChI=1S/C23H26N4O2/c1-16-10-11-19(17(2)14-16)26-23(28)20-15-21(24-12-7-13-29-3)27-22(25-20)18-8-5-4-6-9-18/h4-6,8-11,14-15H,7,12-13H2,1-3H3,(H,26,28)(H,24,25,27). The van der Waals surface area contributed by atoms with Gasteiger partial charge in [-0.2, -0.15) is 0 Å². The van der Waals surface area contributed by atoms with Crippen molar-refractivity contribution in [3.05, 3.63) is 71.4 Å². The number of nitrogens with zero attached hydrogens (tertiary/aromatic N) is 2. The topological polar surface area (TPSA) is 76.1 Å². The zero-order valence-corrected chi connectivity index (χ0v) is 17.0. The largest absolute Gasteiger partial charge is 0.385 e. The third kappa shape index (κ3) is 5.62. The second-order valence-corrected chi connectivity index (χ2v) is 6.87. The molecule has 2 aromatic carbocycles. The highest BCUT2D eigenvalue weighted by Gasteiger charge is 2.14. The van der Waals surface area contributed by atoms with E-state index >= 15 is 0 Å². The van der Waals surface area contributed by atoms with Gasteiger partial charge in [-0.05, 0) is 31.9 Å². The molecule has 0 aliphatic carbocycles. The van der Waals surface area contributed by atoms with Crippen LogP contribution in [-0.4, -0.2) is 36.1 Å². The normalized spacial score (nSPS) is 10.6. The van der Waals surface area contributed by atoms with E-state index in [1.54, 1.807) is 13.2 Å². The number of amides is 1. The van der Waals surface area contributed by atoms with Crippen LogP contribution in [0.5, 0.6) is 0 Å². The molecule has 6 heteroatoms. The van der Waals surface area contributed by atoms with E-state index in [-0.39, 0.29) is 5.91 Å². The highest BCUT2D eigenvalue weighted by atomic mass is 16.5. The van der Waals surface area contributed by atoms with Gasteiger partial charge in [0.25, 0.3) is 5.91 Å². The number of aromatic nitrogens is 2. The minimum Gasteiger partial charge on any atom is -0.385 e. The van der Waals surface area contributed by atoms with E-state index in [2.05, 4.69) is 20.6 Å². The Morgan fingerprint density at radius 3 is 2.55 bits per heavy atom. The highest BCUT2D eigenvalue weighted by Crippen LogP contribution is 2.20. The zero-order valence-electron chi connectivity index (χ0n) is 17.0. The van der Waals surface area contributed by atoms with Crippen molar-refractivity contribution in [1.82, 2.24) is 9.97 Å². The first-order valence-electron chi connectivity index (χ1n) is 9.63. The molecule has 0 aliphatic heterocycles. The molecule has 29 heavy (non-hydrogen) atoms. The summed E-state index contributed by atoms with van der Waals surface area (Å²) in [5.41, 5.74) is 4.10. The van der Waals surface area contributed by atoms with Crippen molar-refractivity contribution in [3.63, 3.8) is 0 Å². The lowest BCUT2D eigenvalue weighted by atomic mass is 10.1. The van der Waals surface area contributed by atoms with Gasteiger partial charge in [-0.25, -0.2) is 9.97 Å². The van der Waals surface area contributed by atoms with Gasteiger partial charge in [0.15, 0.2) is 5.82 Å².